The van der Waals surface area contributed by atoms with E-state index in [0.717, 1.165) is 25.9 Å². The number of rotatable bonds is 4. The minimum atomic E-state index is 0.139. The van der Waals surface area contributed by atoms with Gasteiger partial charge in [-0.15, -0.1) is 0 Å². The van der Waals surface area contributed by atoms with E-state index in [2.05, 4.69) is 15.6 Å². The number of hydrogen-bond acceptors (Lipinski definition) is 3. The minimum Gasteiger partial charge on any atom is -0.353 e. The molecular weight excluding hydrogens is 204 g/mol. The van der Waals surface area contributed by atoms with Crippen LogP contribution in [0.1, 0.15) is 19.3 Å². The fraction of sp³-hybridized carbons (Fsp3) is 0.636. The molecule has 2 rings (SSSR count). The molecule has 0 aromatic carbocycles. The Morgan fingerprint density at radius 2 is 2.31 bits per heavy atom. The molecular formula is C11H18N4O. The third kappa shape index (κ3) is 3.34. The van der Waals surface area contributed by atoms with Crippen LogP contribution in [0, 0.1) is 0 Å². The second-order valence-corrected chi connectivity index (χ2v) is 4.14. The Morgan fingerprint density at radius 1 is 1.50 bits per heavy atom. The van der Waals surface area contributed by atoms with E-state index in [-0.39, 0.29) is 5.91 Å². The van der Waals surface area contributed by atoms with Crippen molar-refractivity contribution in [2.24, 2.45) is 0 Å². The Bertz CT molecular complexity index is 317. The number of piperidine rings is 1. The zero-order valence-electron chi connectivity index (χ0n) is 9.35. The molecule has 0 bridgehead atoms. The zero-order chi connectivity index (χ0) is 11.2. The fourth-order valence-corrected chi connectivity index (χ4v) is 1.92. The van der Waals surface area contributed by atoms with Gasteiger partial charge in [-0.05, 0) is 25.9 Å². The van der Waals surface area contributed by atoms with Crippen LogP contribution in [-0.2, 0) is 11.3 Å². The highest BCUT2D eigenvalue weighted by Crippen LogP contribution is 2.02. The smallest absolute Gasteiger partial charge is 0.222 e. The lowest BCUT2D eigenvalue weighted by molar-refractivity contribution is -0.122. The van der Waals surface area contributed by atoms with E-state index in [1.807, 2.05) is 10.8 Å². The highest BCUT2D eigenvalue weighted by atomic mass is 16.1. The van der Waals surface area contributed by atoms with Crippen molar-refractivity contribution in [2.45, 2.75) is 31.8 Å². The molecule has 0 unspecified atom stereocenters. The second-order valence-electron chi connectivity index (χ2n) is 4.14. The van der Waals surface area contributed by atoms with E-state index in [4.69, 9.17) is 0 Å². The first kappa shape index (κ1) is 11.1. The van der Waals surface area contributed by atoms with Gasteiger partial charge >= 0.3 is 0 Å². The summed E-state index contributed by atoms with van der Waals surface area (Å²) >= 11 is 0. The predicted octanol–water partition coefficient (Wildman–Crippen LogP) is 0.141. The van der Waals surface area contributed by atoms with Crippen LogP contribution in [0.3, 0.4) is 0 Å². The Labute approximate surface area is 95.2 Å². The molecule has 1 fully saturated rings. The SMILES string of the molecule is O=C(CCn1ccnc1)NC1CCNCC1. The van der Waals surface area contributed by atoms with Crippen molar-refractivity contribution in [1.29, 1.82) is 0 Å². The fourth-order valence-electron chi connectivity index (χ4n) is 1.92. The van der Waals surface area contributed by atoms with E-state index in [1.54, 1.807) is 12.5 Å². The molecule has 5 nitrogen and oxygen atoms in total. The largest absolute Gasteiger partial charge is 0.353 e. The third-order valence-electron chi connectivity index (χ3n) is 2.86. The first-order valence-corrected chi connectivity index (χ1v) is 5.80. The van der Waals surface area contributed by atoms with Gasteiger partial charge in [0.15, 0.2) is 0 Å². The molecule has 1 aliphatic rings. The van der Waals surface area contributed by atoms with Gasteiger partial charge in [0.2, 0.25) is 5.91 Å². The molecule has 1 aromatic heterocycles. The van der Waals surface area contributed by atoms with Crippen LogP contribution in [0.2, 0.25) is 0 Å². The number of nitrogens with zero attached hydrogens (tertiary/aromatic N) is 2. The lowest BCUT2D eigenvalue weighted by Gasteiger charge is -2.23. The van der Waals surface area contributed by atoms with Crippen LogP contribution >= 0.6 is 0 Å². The maximum atomic E-state index is 11.6. The standard InChI is InChI=1S/C11H18N4O/c16-11(3-7-15-8-6-13-9-15)14-10-1-4-12-5-2-10/h6,8-10,12H,1-5,7H2,(H,14,16). The molecule has 0 aliphatic carbocycles. The third-order valence-corrected chi connectivity index (χ3v) is 2.86. The maximum Gasteiger partial charge on any atom is 0.222 e. The van der Waals surface area contributed by atoms with Crippen LogP contribution in [0.25, 0.3) is 0 Å². The summed E-state index contributed by atoms with van der Waals surface area (Å²) in [6.45, 7) is 2.72. The van der Waals surface area contributed by atoms with Crippen LogP contribution in [0.4, 0.5) is 0 Å². The van der Waals surface area contributed by atoms with Crippen molar-refractivity contribution in [2.75, 3.05) is 13.1 Å². The van der Waals surface area contributed by atoms with Gasteiger partial charge in [0.25, 0.3) is 0 Å². The number of aromatic nitrogens is 2. The van der Waals surface area contributed by atoms with Crippen molar-refractivity contribution < 1.29 is 4.79 Å². The van der Waals surface area contributed by atoms with Gasteiger partial charge in [-0.25, -0.2) is 4.98 Å². The molecule has 5 heteroatoms. The number of carbonyl (C=O) groups is 1. The summed E-state index contributed by atoms with van der Waals surface area (Å²) < 4.78 is 1.92. The summed E-state index contributed by atoms with van der Waals surface area (Å²) in [5.74, 6) is 0.139. The number of nitrogens with one attached hydrogen (secondary N) is 2. The molecule has 88 valence electrons. The normalized spacial score (nSPS) is 17.2. The summed E-state index contributed by atoms with van der Waals surface area (Å²) in [6.07, 6.45) is 7.94. The van der Waals surface area contributed by atoms with Crippen molar-refractivity contribution in [3.63, 3.8) is 0 Å². The molecule has 1 saturated heterocycles. The molecule has 1 amide bonds. The molecule has 2 N–H and O–H groups in total. The Hall–Kier alpha value is -1.36. The topological polar surface area (TPSA) is 59.0 Å². The van der Waals surface area contributed by atoms with Crippen molar-refractivity contribution >= 4 is 5.91 Å². The van der Waals surface area contributed by atoms with Gasteiger partial charge in [-0.2, -0.15) is 0 Å². The van der Waals surface area contributed by atoms with E-state index in [9.17, 15) is 4.79 Å². The van der Waals surface area contributed by atoms with E-state index >= 15 is 0 Å². The van der Waals surface area contributed by atoms with Gasteiger partial charge in [-0.1, -0.05) is 0 Å². The minimum absolute atomic E-state index is 0.139. The molecule has 0 saturated carbocycles. The first-order chi connectivity index (χ1) is 7.84. The lowest BCUT2D eigenvalue weighted by atomic mass is 10.1. The second kappa shape index (κ2) is 5.65. The maximum absolute atomic E-state index is 11.6. The van der Waals surface area contributed by atoms with Crippen molar-refractivity contribution in [1.82, 2.24) is 20.2 Å². The molecule has 0 radical (unpaired) electrons. The number of carbonyl (C=O) groups excluding carboxylic acids is 1. The molecule has 0 atom stereocenters. The Balaban J connectivity index is 1.67. The van der Waals surface area contributed by atoms with Crippen LogP contribution in [0.15, 0.2) is 18.7 Å². The number of aryl methyl sites for hydroxylation is 1. The average molecular weight is 222 g/mol. The van der Waals surface area contributed by atoms with E-state index in [0.29, 0.717) is 19.0 Å². The van der Waals surface area contributed by atoms with Gasteiger partial charge < -0.3 is 15.2 Å². The summed E-state index contributed by atoms with van der Waals surface area (Å²) in [6, 6.07) is 0.358. The Kier molecular flexibility index (Phi) is 3.93. The highest BCUT2D eigenvalue weighted by Gasteiger charge is 2.14. The Morgan fingerprint density at radius 3 is 3.00 bits per heavy atom. The highest BCUT2D eigenvalue weighted by molar-refractivity contribution is 5.76. The number of imidazole rings is 1. The lowest BCUT2D eigenvalue weighted by Crippen LogP contribution is -2.42. The first-order valence-electron chi connectivity index (χ1n) is 5.80. The molecule has 16 heavy (non-hydrogen) atoms. The van der Waals surface area contributed by atoms with Crippen LogP contribution < -0.4 is 10.6 Å². The summed E-state index contributed by atoms with van der Waals surface area (Å²) in [4.78, 5) is 15.6. The number of amides is 1. The van der Waals surface area contributed by atoms with Crippen LogP contribution in [-0.4, -0.2) is 34.6 Å². The quantitative estimate of drug-likeness (QED) is 0.762. The van der Waals surface area contributed by atoms with Gasteiger partial charge in [0.05, 0.1) is 6.33 Å². The van der Waals surface area contributed by atoms with Gasteiger partial charge in [0, 0.05) is 31.4 Å². The zero-order valence-corrected chi connectivity index (χ0v) is 9.35. The molecule has 2 heterocycles. The van der Waals surface area contributed by atoms with Crippen molar-refractivity contribution in [3.05, 3.63) is 18.7 Å². The summed E-state index contributed by atoms with van der Waals surface area (Å²) in [5.41, 5.74) is 0. The van der Waals surface area contributed by atoms with E-state index < -0.39 is 0 Å². The van der Waals surface area contributed by atoms with Gasteiger partial charge in [-0.3, -0.25) is 4.79 Å². The predicted molar refractivity (Wildman–Crippen MR) is 60.9 cm³/mol. The average Bonchev–Trinajstić information content (AvgIpc) is 2.81. The monoisotopic (exact) mass is 222 g/mol. The molecule has 0 spiro atoms. The molecule has 1 aromatic rings. The van der Waals surface area contributed by atoms with Crippen molar-refractivity contribution in [3.8, 4) is 0 Å². The van der Waals surface area contributed by atoms with E-state index in [1.165, 1.54) is 0 Å². The molecule has 1 aliphatic heterocycles. The summed E-state index contributed by atoms with van der Waals surface area (Å²) in [5, 5.41) is 6.35. The van der Waals surface area contributed by atoms with Crippen LogP contribution in [0.5, 0.6) is 0 Å². The number of hydrogen-bond donors (Lipinski definition) is 2. The van der Waals surface area contributed by atoms with Gasteiger partial charge in [0.1, 0.15) is 0 Å². The summed E-state index contributed by atoms with van der Waals surface area (Å²) in [7, 11) is 0.